The summed E-state index contributed by atoms with van der Waals surface area (Å²) < 4.78 is 12.9. The molecule has 12 heteroatoms. The van der Waals surface area contributed by atoms with E-state index in [1.54, 1.807) is 25.1 Å². The lowest BCUT2D eigenvalue weighted by molar-refractivity contribution is -0.113. The van der Waals surface area contributed by atoms with Crippen LogP contribution in [0.25, 0.3) is 0 Å². The fourth-order valence-corrected chi connectivity index (χ4v) is 6.37. The zero-order chi connectivity index (χ0) is 24.9. The third-order valence-corrected chi connectivity index (χ3v) is 8.05. The van der Waals surface area contributed by atoms with Crippen molar-refractivity contribution in [3.05, 3.63) is 50.1 Å². The van der Waals surface area contributed by atoms with Crippen LogP contribution in [0.4, 0.5) is 5.00 Å². The van der Waals surface area contributed by atoms with Gasteiger partial charge < -0.3 is 19.4 Å². The number of amides is 1. The molecular weight excluding hydrogens is 531 g/mol. The predicted molar refractivity (Wildman–Crippen MR) is 138 cm³/mol. The van der Waals surface area contributed by atoms with Crippen molar-refractivity contribution in [2.45, 2.75) is 51.4 Å². The summed E-state index contributed by atoms with van der Waals surface area (Å²) in [5, 5.41) is 13.4. The number of nitrogens with zero attached hydrogens (tertiary/aromatic N) is 3. The van der Waals surface area contributed by atoms with Gasteiger partial charge in [-0.1, -0.05) is 35.0 Å². The lowest BCUT2D eigenvalue weighted by atomic mass is 10.1. The Balaban J connectivity index is 1.39. The van der Waals surface area contributed by atoms with Crippen molar-refractivity contribution >= 4 is 63.2 Å². The van der Waals surface area contributed by atoms with E-state index < -0.39 is 0 Å². The van der Waals surface area contributed by atoms with Crippen LogP contribution in [0.3, 0.4) is 0 Å². The molecule has 35 heavy (non-hydrogen) atoms. The van der Waals surface area contributed by atoms with Crippen LogP contribution in [-0.4, -0.2) is 39.0 Å². The molecule has 1 aliphatic carbocycles. The Hall–Kier alpha value is -2.27. The zero-order valence-electron chi connectivity index (χ0n) is 19.2. The number of hydrogen-bond acceptors (Lipinski definition) is 8. The third-order valence-electron chi connectivity index (χ3n) is 5.35. The van der Waals surface area contributed by atoms with Crippen molar-refractivity contribution in [1.29, 1.82) is 0 Å². The Bertz CT molecular complexity index is 1240. The Kier molecular flexibility index (Phi) is 8.59. The number of halogens is 2. The smallest absolute Gasteiger partial charge is 0.341 e. The van der Waals surface area contributed by atoms with Gasteiger partial charge in [-0.05, 0) is 56.9 Å². The highest BCUT2D eigenvalue weighted by Crippen LogP contribution is 2.39. The topological polar surface area (TPSA) is 95.3 Å². The first-order valence-corrected chi connectivity index (χ1v) is 13.7. The lowest BCUT2D eigenvalue weighted by Crippen LogP contribution is -2.17. The summed E-state index contributed by atoms with van der Waals surface area (Å²) in [6.45, 7) is 4.79. The molecule has 0 unspecified atom stereocenters. The highest BCUT2D eigenvalue weighted by molar-refractivity contribution is 7.99. The molecule has 0 saturated carbocycles. The minimum absolute atomic E-state index is 0.118. The van der Waals surface area contributed by atoms with E-state index in [1.807, 2.05) is 11.5 Å². The van der Waals surface area contributed by atoms with E-state index in [9.17, 15) is 9.59 Å². The fourth-order valence-electron chi connectivity index (χ4n) is 3.79. The van der Waals surface area contributed by atoms with Crippen LogP contribution < -0.4 is 10.1 Å². The maximum atomic E-state index is 12.7. The molecule has 0 radical (unpaired) electrons. The molecule has 4 rings (SSSR count). The number of carbonyl (C=O) groups is 2. The summed E-state index contributed by atoms with van der Waals surface area (Å²) in [5.41, 5.74) is 1.51. The number of ether oxygens (including phenoxy) is 2. The Morgan fingerprint density at radius 2 is 2.06 bits per heavy atom. The molecule has 1 N–H and O–H groups in total. The molecule has 0 saturated heterocycles. The van der Waals surface area contributed by atoms with Gasteiger partial charge in [-0.25, -0.2) is 4.79 Å². The maximum absolute atomic E-state index is 12.7. The number of carbonyl (C=O) groups excluding carboxylic acids is 2. The number of fused-ring (bicyclic) bond motifs is 1. The number of thioether (sulfide) groups is 1. The number of hydrogen-bond donors (Lipinski definition) is 1. The van der Waals surface area contributed by atoms with Crippen molar-refractivity contribution < 1.29 is 19.1 Å². The largest absolute Gasteiger partial charge is 0.484 e. The van der Waals surface area contributed by atoms with Crippen molar-refractivity contribution in [2.24, 2.45) is 0 Å². The van der Waals surface area contributed by atoms with E-state index in [0.29, 0.717) is 43.9 Å². The zero-order valence-corrected chi connectivity index (χ0v) is 22.4. The molecule has 0 fully saturated rings. The molecule has 1 aromatic carbocycles. The van der Waals surface area contributed by atoms with Crippen molar-refractivity contribution in [2.75, 3.05) is 17.7 Å². The summed E-state index contributed by atoms with van der Waals surface area (Å²) in [7, 11) is 0. The SMILES string of the molecule is CCOC(=O)c1c(NC(=O)CSc2nnc(COc3ccc(Cl)cc3Cl)n2CC)sc2c1CCC2. The molecule has 2 heterocycles. The number of rotatable bonds is 10. The predicted octanol–water partition coefficient (Wildman–Crippen LogP) is 5.64. The molecule has 8 nitrogen and oxygen atoms in total. The van der Waals surface area contributed by atoms with Gasteiger partial charge in [0.05, 0.1) is 22.9 Å². The summed E-state index contributed by atoms with van der Waals surface area (Å²) in [6, 6.07) is 5.00. The molecular formula is C23H24Cl2N4O4S2. The van der Waals surface area contributed by atoms with Gasteiger partial charge in [0.15, 0.2) is 11.0 Å². The van der Waals surface area contributed by atoms with Gasteiger partial charge in [0.25, 0.3) is 0 Å². The second-order valence-corrected chi connectivity index (χ2v) is 10.5. The highest BCUT2D eigenvalue weighted by atomic mass is 35.5. The molecule has 0 aliphatic heterocycles. The van der Waals surface area contributed by atoms with Gasteiger partial charge >= 0.3 is 5.97 Å². The Morgan fingerprint density at radius 3 is 2.80 bits per heavy atom. The van der Waals surface area contributed by atoms with Gasteiger partial charge in [-0.15, -0.1) is 21.5 Å². The van der Waals surface area contributed by atoms with Crippen LogP contribution >= 0.6 is 46.3 Å². The molecule has 0 bridgehead atoms. The van der Waals surface area contributed by atoms with Crippen LogP contribution in [-0.2, 0) is 35.5 Å². The van der Waals surface area contributed by atoms with E-state index in [-0.39, 0.29) is 30.8 Å². The first-order valence-electron chi connectivity index (χ1n) is 11.1. The summed E-state index contributed by atoms with van der Waals surface area (Å²) in [6.07, 6.45) is 2.76. The summed E-state index contributed by atoms with van der Waals surface area (Å²) in [4.78, 5) is 26.4. The molecule has 0 atom stereocenters. The van der Waals surface area contributed by atoms with Crippen molar-refractivity contribution in [3.8, 4) is 5.75 Å². The van der Waals surface area contributed by atoms with Gasteiger partial charge in [0, 0.05) is 16.4 Å². The number of nitrogens with one attached hydrogen (secondary N) is 1. The number of aryl methyl sites for hydroxylation is 1. The summed E-state index contributed by atoms with van der Waals surface area (Å²) >= 11 is 14.8. The summed E-state index contributed by atoms with van der Waals surface area (Å²) in [5.74, 6) is 0.617. The highest BCUT2D eigenvalue weighted by Gasteiger charge is 2.28. The molecule has 186 valence electrons. The lowest BCUT2D eigenvalue weighted by Gasteiger charge is -2.10. The van der Waals surface area contributed by atoms with E-state index in [1.165, 1.54) is 23.1 Å². The first-order chi connectivity index (χ1) is 16.9. The average molecular weight is 556 g/mol. The molecule has 2 aromatic heterocycles. The van der Waals surface area contributed by atoms with Gasteiger partial charge in [0.2, 0.25) is 5.91 Å². The Labute approximate surface area is 221 Å². The molecule has 1 amide bonds. The second-order valence-electron chi connectivity index (χ2n) is 7.63. The van der Waals surface area contributed by atoms with Crippen LogP contribution in [0.15, 0.2) is 23.4 Å². The third kappa shape index (κ3) is 5.94. The van der Waals surface area contributed by atoms with Crippen LogP contribution in [0.2, 0.25) is 10.0 Å². The maximum Gasteiger partial charge on any atom is 0.341 e. The van der Waals surface area contributed by atoms with Crippen molar-refractivity contribution in [3.63, 3.8) is 0 Å². The van der Waals surface area contributed by atoms with Gasteiger partial charge in [-0.3, -0.25) is 4.79 Å². The van der Waals surface area contributed by atoms with E-state index >= 15 is 0 Å². The number of aromatic nitrogens is 3. The van der Waals surface area contributed by atoms with E-state index in [0.717, 1.165) is 29.7 Å². The quantitative estimate of drug-likeness (QED) is 0.256. The van der Waals surface area contributed by atoms with Crippen LogP contribution in [0.5, 0.6) is 5.75 Å². The van der Waals surface area contributed by atoms with Crippen LogP contribution in [0.1, 0.15) is 46.9 Å². The van der Waals surface area contributed by atoms with E-state index in [2.05, 4.69) is 15.5 Å². The van der Waals surface area contributed by atoms with E-state index in [4.69, 9.17) is 32.7 Å². The normalized spacial score (nSPS) is 12.5. The van der Waals surface area contributed by atoms with Gasteiger partial charge in [0.1, 0.15) is 17.4 Å². The minimum atomic E-state index is -0.383. The number of thiophene rings is 1. The fraction of sp³-hybridized carbons (Fsp3) is 0.391. The standard InChI is InChI=1S/C23H24Cl2N4O4S2/c1-3-29-18(11-33-16-9-8-13(24)10-15(16)25)27-28-23(29)34-12-19(30)26-21-20(22(31)32-4-2)14-6-5-7-17(14)35-21/h8-10H,3-7,11-12H2,1-2H3,(H,26,30). The number of benzene rings is 1. The average Bonchev–Trinajstić information content (AvgIpc) is 3.51. The minimum Gasteiger partial charge on any atom is -0.484 e. The molecule has 3 aromatic rings. The van der Waals surface area contributed by atoms with Gasteiger partial charge in [-0.2, -0.15) is 0 Å². The van der Waals surface area contributed by atoms with Crippen molar-refractivity contribution in [1.82, 2.24) is 14.8 Å². The monoisotopic (exact) mass is 554 g/mol. The molecule has 1 aliphatic rings. The Morgan fingerprint density at radius 1 is 1.23 bits per heavy atom. The molecule has 0 spiro atoms. The van der Waals surface area contributed by atoms with Crippen LogP contribution in [0, 0.1) is 0 Å². The first kappa shape index (κ1) is 25.8. The second kappa shape index (κ2) is 11.6. The number of anilines is 1. The number of esters is 1.